The van der Waals surface area contributed by atoms with Crippen molar-refractivity contribution in [1.82, 2.24) is 0 Å². The molecule has 66 valence electrons. The summed E-state index contributed by atoms with van der Waals surface area (Å²) in [4.78, 5) is 0. The Balaban J connectivity index is 2.92. The number of hydrogen-bond donors (Lipinski definition) is 2. The molecule has 0 saturated heterocycles. The van der Waals surface area contributed by atoms with E-state index in [1.807, 2.05) is 26.0 Å². The maximum atomic E-state index is 5.68. The highest BCUT2D eigenvalue weighted by atomic mass is 16.5. The number of nitrogens with two attached hydrogens (primary N) is 2. The normalized spacial score (nSPS) is 10.2. The second-order valence-electron chi connectivity index (χ2n) is 2.93. The van der Waals surface area contributed by atoms with Gasteiger partial charge in [-0.05, 0) is 26.0 Å². The number of rotatable bonds is 2. The van der Waals surface area contributed by atoms with Crippen molar-refractivity contribution in [3.05, 3.63) is 18.2 Å². The molecule has 0 aliphatic carbocycles. The van der Waals surface area contributed by atoms with Crippen LogP contribution in [0.4, 0.5) is 11.4 Å². The van der Waals surface area contributed by atoms with Crippen molar-refractivity contribution in [2.45, 2.75) is 20.0 Å². The second-order valence-corrected chi connectivity index (χ2v) is 2.93. The lowest BCUT2D eigenvalue weighted by atomic mass is 10.2. The van der Waals surface area contributed by atoms with E-state index in [0.717, 1.165) is 0 Å². The van der Waals surface area contributed by atoms with Gasteiger partial charge in [-0.3, -0.25) is 0 Å². The standard InChI is InChI=1S/C9H14N2O/c1-6(2)12-8-5-3-4-7(10)9(8)11/h3-6H,10-11H2,1-2H3. The highest BCUT2D eigenvalue weighted by Crippen LogP contribution is 2.27. The van der Waals surface area contributed by atoms with Crippen LogP contribution in [-0.2, 0) is 0 Å². The minimum atomic E-state index is 0.120. The number of benzene rings is 1. The van der Waals surface area contributed by atoms with E-state index >= 15 is 0 Å². The Kier molecular flexibility index (Phi) is 2.43. The first kappa shape index (κ1) is 8.71. The molecule has 0 spiro atoms. The molecule has 1 aromatic rings. The largest absolute Gasteiger partial charge is 0.489 e. The minimum absolute atomic E-state index is 0.120. The average molecular weight is 166 g/mol. The lowest BCUT2D eigenvalue weighted by Crippen LogP contribution is -2.08. The first-order valence-electron chi connectivity index (χ1n) is 3.92. The quantitative estimate of drug-likeness (QED) is 0.656. The summed E-state index contributed by atoms with van der Waals surface area (Å²) >= 11 is 0. The summed E-state index contributed by atoms with van der Waals surface area (Å²) in [5.74, 6) is 0.657. The first-order chi connectivity index (χ1) is 5.61. The van der Waals surface area contributed by atoms with E-state index in [0.29, 0.717) is 17.1 Å². The van der Waals surface area contributed by atoms with Crippen molar-refractivity contribution < 1.29 is 4.74 Å². The smallest absolute Gasteiger partial charge is 0.144 e. The van der Waals surface area contributed by atoms with E-state index < -0.39 is 0 Å². The van der Waals surface area contributed by atoms with E-state index in [-0.39, 0.29) is 6.10 Å². The second kappa shape index (κ2) is 3.34. The molecular weight excluding hydrogens is 152 g/mol. The monoisotopic (exact) mass is 166 g/mol. The SMILES string of the molecule is CC(C)Oc1cccc(N)c1N. The average Bonchev–Trinajstić information content (AvgIpc) is 1.98. The fourth-order valence-electron chi connectivity index (χ4n) is 0.918. The highest BCUT2D eigenvalue weighted by molar-refractivity contribution is 5.70. The van der Waals surface area contributed by atoms with Gasteiger partial charge < -0.3 is 16.2 Å². The van der Waals surface area contributed by atoms with Gasteiger partial charge >= 0.3 is 0 Å². The summed E-state index contributed by atoms with van der Waals surface area (Å²) in [5, 5.41) is 0. The topological polar surface area (TPSA) is 61.3 Å². The zero-order valence-corrected chi connectivity index (χ0v) is 7.37. The van der Waals surface area contributed by atoms with Crippen molar-refractivity contribution in [3.63, 3.8) is 0 Å². The molecule has 0 radical (unpaired) electrons. The van der Waals surface area contributed by atoms with Crippen LogP contribution in [-0.4, -0.2) is 6.10 Å². The number of nitrogen functional groups attached to an aromatic ring is 2. The number of hydrogen-bond acceptors (Lipinski definition) is 3. The van der Waals surface area contributed by atoms with Crippen LogP contribution in [0.2, 0.25) is 0 Å². The Morgan fingerprint density at radius 1 is 1.25 bits per heavy atom. The molecule has 3 nitrogen and oxygen atoms in total. The summed E-state index contributed by atoms with van der Waals surface area (Å²) in [6.45, 7) is 3.89. The molecule has 0 unspecified atom stereocenters. The zero-order valence-electron chi connectivity index (χ0n) is 7.37. The van der Waals surface area contributed by atoms with Crippen LogP contribution in [0, 0.1) is 0 Å². The molecule has 1 aromatic carbocycles. The molecule has 0 fully saturated rings. The molecule has 1 rings (SSSR count). The number of ether oxygens (including phenoxy) is 1. The van der Waals surface area contributed by atoms with E-state index in [1.165, 1.54) is 0 Å². The van der Waals surface area contributed by atoms with Gasteiger partial charge in [-0.1, -0.05) is 6.07 Å². The van der Waals surface area contributed by atoms with Crippen molar-refractivity contribution in [3.8, 4) is 5.75 Å². The zero-order chi connectivity index (χ0) is 9.14. The van der Waals surface area contributed by atoms with Crippen LogP contribution >= 0.6 is 0 Å². The van der Waals surface area contributed by atoms with Gasteiger partial charge in [0.2, 0.25) is 0 Å². The highest BCUT2D eigenvalue weighted by Gasteiger charge is 2.03. The lowest BCUT2D eigenvalue weighted by Gasteiger charge is -2.12. The van der Waals surface area contributed by atoms with Gasteiger partial charge in [0.1, 0.15) is 5.75 Å². The predicted molar refractivity (Wildman–Crippen MR) is 51.0 cm³/mol. The molecule has 0 aliphatic rings. The predicted octanol–water partition coefficient (Wildman–Crippen LogP) is 1.64. The Morgan fingerprint density at radius 2 is 1.92 bits per heavy atom. The van der Waals surface area contributed by atoms with Crippen LogP contribution in [0.3, 0.4) is 0 Å². The molecule has 0 aliphatic heterocycles. The van der Waals surface area contributed by atoms with Gasteiger partial charge in [-0.25, -0.2) is 0 Å². The third-order valence-electron chi connectivity index (χ3n) is 1.46. The van der Waals surface area contributed by atoms with Gasteiger partial charge in [-0.2, -0.15) is 0 Å². The molecule has 3 heteroatoms. The van der Waals surface area contributed by atoms with Gasteiger partial charge in [0.15, 0.2) is 0 Å². The summed E-state index contributed by atoms with van der Waals surface area (Å²) in [7, 11) is 0. The lowest BCUT2D eigenvalue weighted by molar-refractivity contribution is 0.244. The number of para-hydroxylation sites is 1. The van der Waals surface area contributed by atoms with E-state index in [1.54, 1.807) is 6.07 Å². The Labute approximate surface area is 72.3 Å². The van der Waals surface area contributed by atoms with Gasteiger partial charge in [0.05, 0.1) is 17.5 Å². The summed E-state index contributed by atoms with van der Waals surface area (Å²) in [5.41, 5.74) is 12.4. The van der Waals surface area contributed by atoms with Crippen molar-refractivity contribution in [2.24, 2.45) is 0 Å². The maximum absolute atomic E-state index is 5.68. The Hall–Kier alpha value is -1.38. The van der Waals surface area contributed by atoms with Crippen molar-refractivity contribution in [2.75, 3.05) is 11.5 Å². The molecule has 0 saturated carbocycles. The van der Waals surface area contributed by atoms with Crippen molar-refractivity contribution >= 4 is 11.4 Å². The minimum Gasteiger partial charge on any atom is -0.489 e. The molecule has 12 heavy (non-hydrogen) atoms. The Bertz CT molecular complexity index is 271. The van der Waals surface area contributed by atoms with E-state index in [2.05, 4.69) is 0 Å². The molecule has 0 aromatic heterocycles. The molecule has 0 atom stereocenters. The van der Waals surface area contributed by atoms with E-state index in [4.69, 9.17) is 16.2 Å². The number of anilines is 2. The molecular formula is C9H14N2O. The fraction of sp³-hybridized carbons (Fsp3) is 0.333. The Morgan fingerprint density at radius 3 is 2.50 bits per heavy atom. The first-order valence-corrected chi connectivity index (χ1v) is 3.92. The van der Waals surface area contributed by atoms with Crippen LogP contribution in [0.1, 0.15) is 13.8 Å². The van der Waals surface area contributed by atoms with Crippen molar-refractivity contribution in [1.29, 1.82) is 0 Å². The molecule has 0 heterocycles. The third kappa shape index (κ3) is 1.81. The van der Waals surface area contributed by atoms with Gasteiger partial charge in [0.25, 0.3) is 0 Å². The molecule has 4 N–H and O–H groups in total. The maximum Gasteiger partial charge on any atom is 0.144 e. The van der Waals surface area contributed by atoms with Crippen LogP contribution in [0.5, 0.6) is 5.75 Å². The van der Waals surface area contributed by atoms with Gasteiger partial charge in [0, 0.05) is 0 Å². The molecule has 0 amide bonds. The van der Waals surface area contributed by atoms with E-state index in [9.17, 15) is 0 Å². The molecule has 0 bridgehead atoms. The third-order valence-corrected chi connectivity index (χ3v) is 1.46. The van der Waals surface area contributed by atoms with Crippen LogP contribution < -0.4 is 16.2 Å². The van der Waals surface area contributed by atoms with Crippen LogP contribution in [0.25, 0.3) is 0 Å². The summed E-state index contributed by atoms with van der Waals surface area (Å²) in [6.07, 6.45) is 0.120. The van der Waals surface area contributed by atoms with Gasteiger partial charge in [-0.15, -0.1) is 0 Å². The fourth-order valence-corrected chi connectivity index (χ4v) is 0.918. The summed E-state index contributed by atoms with van der Waals surface area (Å²) < 4.78 is 5.42. The van der Waals surface area contributed by atoms with Crippen LogP contribution in [0.15, 0.2) is 18.2 Å². The summed E-state index contributed by atoms with van der Waals surface area (Å²) in [6, 6.07) is 5.39.